The normalized spacial score (nSPS) is 26.7. The number of hydrogen-bond acceptors (Lipinski definition) is 2. The third kappa shape index (κ3) is 1.81. The van der Waals surface area contributed by atoms with E-state index in [1.54, 1.807) is 0 Å². The van der Waals surface area contributed by atoms with Gasteiger partial charge >= 0.3 is 6.03 Å². The number of imide groups is 1. The second-order valence-corrected chi connectivity index (χ2v) is 4.31. The average molecular weight is 253 g/mol. The molecule has 1 aliphatic heterocycles. The monoisotopic (exact) mass is 252 g/mol. The minimum absolute atomic E-state index is 0.417. The Kier molecular flexibility index (Phi) is 3.84. The molecule has 1 atom stereocenters. The number of halogens is 2. The summed E-state index contributed by atoms with van der Waals surface area (Å²) in [5, 5.41) is 0. The van der Waals surface area contributed by atoms with Crippen molar-refractivity contribution in [2.75, 3.05) is 0 Å². The largest absolute Gasteiger partial charge is 0.357 e. The van der Waals surface area contributed by atoms with E-state index >= 15 is 0 Å². The quantitative estimate of drug-likeness (QED) is 0.571. The molecular formula is C9H14Cl2N2O2. The predicted octanol–water partition coefficient (Wildman–Crippen LogP) is 2.90. The van der Waals surface area contributed by atoms with Crippen LogP contribution in [0.2, 0.25) is 0 Å². The van der Waals surface area contributed by atoms with Crippen LogP contribution in [0.1, 0.15) is 39.5 Å². The minimum Gasteiger partial charge on any atom is -0.270 e. The summed E-state index contributed by atoms with van der Waals surface area (Å²) in [6.45, 7) is 3.84. The van der Waals surface area contributed by atoms with Gasteiger partial charge in [0.05, 0.1) is 0 Å². The molecule has 0 aromatic carbocycles. The summed E-state index contributed by atoms with van der Waals surface area (Å²) in [4.78, 5) is 23.3. The van der Waals surface area contributed by atoms with Gasteiger partial charge in [0.15, 0.2) is 0 Å². The Morgan fingerprint density at radius 2 is 1.87 bits per heavy atom. The van der Waals surface area contributed by atoms with E-state index < -0.39 is 17.5 Å². The molecule has 1 fully saturated rings. The molecule has 15 heavy (non-hydrogen) atoms. The maximum atomic E-state index is 11.8. The molecule has 1 aliphatic rings. The third-order valence-electron chi connectivity index (χ3n) is 2.82. The molecule has 0 saturated carbocycles. The van der Waals surface area contributed by atoms with E-state index in [1.807, 2.05) is 13.8 Å². The first-order valence-electron chi connectivity index (χ1n) is 5.01. The molecule has 3 amide bonds. The highest BCUT2D eigenvalue weighted by atomic mass is 35.5. The second-order valence-electron chi connectivity index (χ2n) is 3.64. The first-order chi connectivity index (χ1) is 7.01. The van der Waals surface area contributed by atoms with Gasteiger partial charge in [-0.25, -0.2) is 9.21 Å². The van der Waals surface area contributed by atoms with E-state index in [9.17, 15) is 9.59 Å². The van der Waals surface area contributed by atoms with E-state index in [0.717, 1.165) is 17.3 Å². The molecular weight excluding hydrogens is 239 g/mol. The van der Waals surface area contributed by atoms with Crippen LogP contribution in [-0.4, -0.2) is 26.3 Å². The van der Waals surface area contributed by atoms with Crippen molar-refractivity contribution in [1.29, 1.82) is 0 Å². The molecule has 0 spiro atoms. The van der Waals surface area contributed by atoms with Gasteiger partial charge in [-0.05, 0) is 12.8 Å². The predicted molar refractivity (Wildman–Crippen MR) is 58.3 cm³/mol. The van der Waals surface area contributed by atoms with Crippen LogP contribution in [0.25, 0.3) is 0 Å². The van der Waals surface area contributed by atoms with Gasteiger partial charge in [0.25, 0.3) is 5.91 Å². The molecule has 6 heteroatoms. The molecule has 0 bridgehead atoms. The van der Waals surface area contributed by atoms with Gasteiger partial charge < -0.3 is 0 Å². The number of hydrogen-bond donors (Lipinski definition) is 0. The summed E-state index contributed by atoms with van der Waals surface area (Å²) in [6.07, 6.45) is 2.80. The first-order valence-corrected chi connectivity index (χ1v) is 5.69. The van der Waals surface area contributed by atoms with Crippen LogP contribution in [-0.2, 0) is 4.79 Å². The summed E-state index contributed by atoms with van der Waals surface area (Å²) >= 11 is 11.4. The highest BCUT2D eigenvalue weighted by Gasteiger charge is 2.55. The third-order valence-corrected chi connectivity index (χ3v) is 3.58. The van der Waals surface area contributed by atoms with Gasteiger partial charge in [-0.1, -0.05) is 26.7 Å². The zero-order valence-electron chi connectivity index (χ0n) is 8.80. The highest BCUT2D eigenvalue weighted by Crippen LogP contribution is 2.37. The standard InChI is InChI=1S/C9H14Cl2N2O2/c1-3-5-6-9(4-2)7(14)12(10)8(15)13(9)11/h3-6H2,1-2H3. The Hall–Kier alpha value is -0.480. The Balaban J connectivity index is 2.97. The molecule has 1 heterocycles. The van der Waals surface area contributed by atoms with E-state index in [2.05, 4.69) is 0 Å². The van der Waals surface area contributed by atoms with Gasteiger partial charge in [0.2, 0.25) is 0 Å². The lowest BCUT2D eigenvalue weighted by Crippen LogP contribution is -2.44. The molecule has 4 nitrogen and oxygen atoms in total. The van der Waals surface area contributed by atoms with Crippen LogP contribution in [0.15, 0.2) is 0 Å². The minimum atomic E-state index is -0.948. The van der Waals surface area contributed by atoms with Gasteiger partial charge in [-0.2, -0.15) is 4.42 Å². The molecule has 0 aromatic heterocycles. The fourth-order valence-corrected chi connectivity index (χ4v) is 2.38. The maximum Gasteiger partial charge on any atom is 0.357 e. The fourth-order valence-electron chi connectivity index (χ4n) is 1.75. The van der Waals surface area contributed by atoms with E-state index in [0.29, 0.717) is 17.3 Å². The van der Waals surface area contributed by atoms with Crippen molar-refractivity contribution < 1.29 is 9.59 Å². The highest BCUT2D eigenvalue weighted by molar-refractivity contribution is 6.39. The van der Waals surface area contributed by atoms with E-state index in [-0.39, 0.29) is 0 Å². The maximum absolute atomic E-state index is 11.8. The van der Waals surface area contributed by atoms with Crippen molar-refractivity contribution in [3.8, 4) is 0 Å². The van der Waals surface area contributed by atoms with Crippen molar-refractivity contribution in [2.24, 2.45) is 0 Å². The zero-order valence-corrected chi connectivity index (χ0v) is 10.3. The summed E-state index contributed by atoms with van der Waals surface area (Å²) < 4.78 is 1.52. The lowest BCUT2D eigenvalue weighted by Gasteiger charge is -2.28. The fraction of sp³-hybridized carbons (Fsp3) is 0.778. The van der Waals surface area contributed by atoms with Crippen LogP contribution < -0.4 is 0 Å². The van der Waals surface area contributed by atoms with Crippen molar-refractivity contribution in [3.63, 3.8) is 0 Å². The van der Waals surface area contributed by atoms with Crippen molar-refractivity contribution in [3.05, 3.63) is 0 Å². The van der Waals surface area contributed by atoms with Gasteiger partial charge in [-0.3, -0.25) is 4.79 Å². The molecule has 1 unspecified atom stereocenters. The van der Waals surface area contributed by atoms with Crippen molar-refractivity contribution >= 4 is 35.5 Å². The van der Waals surface area contributed by atoms with Crippen molar-refractivity contribution in [1.82, 2.24) is 8.84 Å². The Bertz CT molecular complexity index is 285. The second kappa shape index (κ2) is 4.58. The van der Waals surface area contributed by atoms with Crippen LogP contribution in [0, 0.1) is 0 Å². The summed E-state index contributed by atoms with van der Waals surface area (Å²) in [5.41, 5.74) is -0.948. The topological polar surface area (TPSA) is 40.6 Å². The number of amides is 3. The summed E-state index contributed by atoms with van der Waals surface area (Å²) in [5.74, 6) is -0.417. The van der Waals surface area contributed by atoms with E-state index in [1.165, 1.54) is 0 Å². The number of rotatable bonds is 4. The lowest BCUT2D eigenvalue weighted by molar-refractivity contribution is -0.129. The molecule has 0 radical (unpaired) electrons. The Labute approximate surface area is 99.3 Å². The first kappa shape index (κ1) is 12.6. The van der Waals surface area contributed by atoms with Gasteiger partial charge in [-0.15, -0.1) is 0 Å². The Morgan fingerprint density at radius 1 is 1.27 bits per heavy atom. The molecule has 0 aromatic rings. The average Bonchev–Trinajstić information content (AvgIpc) is 2.41. The Morgan fingerprint density at radius 3 is 2.20 bits per heavy atom. The van der Waals surface area contributed by atoms with Crippen LogP contribution in [0.5, 0.6) is 0 Å². The number of unbranched alkanes of at least 4 members (excludes halogenated alkanes) is 1. The summed E-state index contributed by atoms with van der Waals surface area (Å²) in [6, 6.07) is -0.652. The van der Waals surface area contributed by atoms with Crippen LogP contribution in [0.3, 0.4) is 0 Å². The smallest absolute Gasteiger partial charge is 0.270 e. The summed E-state index contributed by atoms with van der Waals surface area (Å²) in [7, 11) is 0. The molecule has 0 N–H and O–H groups in total. The molecule has 0 aliphatic carbocycles. The van der Waals surface area contributed by atoms with Crippen molar-refractivity contribution in [2.45, 2.75) is 45.1 Å². The number of urea groups is 1. The molecule has 86 valence electrons. The van der Waals surface area contributed by atoms with Crippen LogP contribution in [0.4, 0.5) is 4.79 Å². The number of carbonyl (C=O) groups is 2. The zero-order chi connectivity index (χ0) is 11.6. The lowest BCUT2D eigenvalue weighted by atomic mass is 9.90. The number of nitrogens with zero attached hydrogens (tertiary/aromatic N) is 2. The van der Waals surface area contributed by atoms with Crippen LogP contribution >= 0.6 is 23.6 Å². The number of carbonyl (C=O) groups excluding carboxylic acids is 2. The SMILES string of the molecule is CCCCC1(CC)C(=O)N(Cl)C(=O)N1Cl. The van der Waals surface area contributed by atoms with Gasteiger partial charge in [0.1, 0.15) is 5.54 Å². The molecule has 1 saturated heterocycles. The van der Waals surface area contributed by atoms with E-state index in [4.69, 9.17) is 23.6 Å². The van der Waals surface area contributed by atoms with Gasteiger partial charge in [0, 0.05) is 23.6 Å². The molecule has 1 rings (SSSR count).